The summed E-state index contributed by atoms with van der Waals surface area (Å²) in [5.41, 5.74) is 8.72. The average molecular weight is 291 g/mol. The molecule has 0 saturated heterocycles. The summed E-state index contributed by atoms with van der Waals surface area (Å²) in [4.78, 5) is 10.3. The zero-order valence-electron chi connectivity index (χ0n) is 12.0. The Labute approximate surface area is 129 Å². The maximum atomic E-state index is 10.3. The molecule has 3 aromatic carbocycles. The third kappa shape index (κ3) is 4.49. The fourth-order valence-electron chi connectivity index (χ4n) is 1.89. The Morgan fingerprint density at radius 2 is 1.09 bits per heavy atom. The summed E-state index contributed by atoms with van der Waals surface area (Å²) >= 11 is 0. The number of rotatable bonds is 2. The lowest BCUT2D eigenvalue weighted by molar-refractivity contribution is 0.0697. The first-order valence-corrected chi connectivity index (χ1v) is 6.86. The smallest absolute Gasteiger partial charge is 0.335 e. The van der Waals surface area contributed by atoms with Gasteiger partial charge in [0, 0.05) is 5.69 Å². The van der Waals surface area contributed by atoms with Crippen LogP contribution < -0.4 is 5.73 Å². The molecule has 0 heterocycles. The summed E-state index contributed by atoms with van der Waals surface area (Å²) < 4.78 is 0. The van der Waals surface area contributed by atoms with Gasteiger partial charge in [0.05, 0.1) is 5.56 Å². The molecule has 22 heavy (non-hydrogen) atoms. The van der Waals surface area contributed by atoms with Gasteiger partial charge in [-0.05, 0) is 35.4 Å². The van der Waals surface area contributed by atoms with Crippen molar-refractivity contribution in [3.8, 4) is 11.1 Å². The molecule has 0 amide bonds. The molecular formula is C19H17NO2. The van der Waals surface area contributed by atoms with Gasteiger partial charge in [0.15, 0.2) is 0 Å². The number of carbonyl (C=O) groups is 1. The van der Waals surface area contributed by atoms with E-state index in [-0.39, 0.29) is 5.56 Å². The Morgan fingerprint density at radius 1 is 0.682 bits per heavy atom. The van der Waals surface area contributed by atoms with Gasteiger partial charge in [0.2, 0.25) is 0 Å². The first-order valence-electron chi connectivity index (χ1n) is 6.86. The van der Waals surface area contributed by atoms with Crippen molar-refractivity contribution in [2.45, 2.75) is 0 Å². The van der Waals surface area contributed by atoms with E-state index >= 15 is 0 Å². The van der Waals surface area contributed by atoms with Crippen LogP contribution in [0, 0.1) is 0 Å². The topological polar surface area (TPSA) is 63.3 Å². The zero-order chi connectivity index (χ0) is 15.8. The number of nitrogen functional groups attached to an aromatic ring is 1. The minimum atomic E-state index is -0.931. The lowest BCUT2D eigenvalue weighted by Crippen LogP contribution is -1.95. The highest BCUT2D eigenvalue weighted by molar-refractivity contribution is 5.87. The quantitative estimate of drug-likeness (QED) is 0.691. The number of hydrogen-bond acceptors (Lipinski definition) is 2. The fourth-order valence-corrected chi connectivity index (χ4v) is 1.89. The predicted octanol–water partition coefficient (Wildman–Crippen LogP) is 4.32. The highest BCUT2D eigenvalue weighted by atomic mass is 16.4. The van der Waals surface area contributed by atoms with Crippen LogP contribution in [0.1, 0.15) is 10.4 Å². The number of nitrogens with two attached hydrogens (primary N) is 1. The van der Waals surface area contributed by atoms with Crippen LogP contribution in [0.25, 0.3) is 11.1 Å². The van der Waals surface area contributed by atoms with Gasteiger partial charge in [0.25, 0.3) is 0 Å². The van der Waals surface area contributed by atoms with Crippen LogP contribution in [0.4, 0.5) is 5.69 Å². The SMILES string of the molecule is Nc1ccc(C(=O)O)cc1.c1ccc(-c2ccccc2)cc1. The molecule has 0 radical (unpaired) electrons. The van der Waals surface area contributed by atoms with Crippen LogP contribution in [-0.4, -0.2) is 11.1 Å². The Balaban J connectivity index is 0.000000164. The van der Waals surface area contributed by atoms with Crippen LogP contribution in [0.5, 0.6) is 0 Å². The summed E-state index contributed by atoms with van der Waals surface area (Å²) in [5.74, 6) is -0.931. The maximum absolute atomic E-state index is 10.3. The van der Waals surface area contributed by atoms with Gasteiger partial charge >= 0.3 is 5.97 Å². The minimum absolute atomic E-state index is 0.259. The van der Waals surface area contributed by atoms with Crippen molar-refractivity contribution in [3.05, 3.63) is 90.5 Å². The Kier molecular flexibility index (Phi) is 5.32. The molecule has 0 aliphatic rings. The monoisotopic (exact) mass is 291 g/mol. The molecule has 0 aliphatic carbocycles. The second-order valence-electron chi connectivity index (χ2n) is 4.66. The molecule has 0 atom stereocenters. The average Bonchev–Trinajstić information content (AvgIpc) is 2.57. The highest BCUT2D eigenvalue weighted by Crippen LogP contribution is 2.17. The molecule has 0 spiro atoms. The largest absolute Gasteiger partial charge is 0.478 e. The maximum Gasteiger partial charge on any atom is 0.335 e. The van der Waals surface area contributed by atoms with Gasteiger partial charge in [-0.2, -0.15) is 0 Å². The van der Waals surface area contributed by atoms with E-state index in [0.29, 0.717) is 5.69 Å². The van der Waals surface area contributed by atoms with Gasteiger partial charge < -0.3 is 10.8 Å². The molecule has 0 bridgehead atoms. The van der Waals surface area contributed by atoms with E-state index in [2.05, 4.69) is 48.5 Å². The van der Waals surface area contributed by atoms with Crippen LogP contribution in [0.15, 0.2) is 84.9 Å². The van der Waals surface area contributed by atoms with Crippen molar-refractivity contribution < 1.29 is 9.90 Å². The summed E-state index contributed by atoms with van der Waals surface area (Å²) in [6, 6.07) is 26.8. The van der Waals surface area contributed by atoms with Crippen LogP contribution in [0.3, 0.4) is 0 Å². The van der Waals surface area contributed by atoms with Gasteiger partial charge in [-0.3, -0.25) is 0 Å². The first-order chi connectivity index (χ1) is 10.7. The minimum Gasteiger partial charge on any atom is -0.478 e. The molecule has 110 valence electrons. The third-order valence-electron chi connectivity index (χ3n) is 3.04. The van der Waals surface area contributed by atoms with Gasteiger partial charge in [-0.25, -0.2) is 4.79 Å². The van der Waals surface area contributed by atoms with Crippen molar-refractivity contribution in [2.75, 3.05) is 5.73 Å². The zero-order valence-corrected chi connectivity index (χ0v) is 12.0. The van der Waals surface area contributed by atoms with Crippen molar-refractivity contribution >= 4 is 11.7 Å². The molecule has 3 nitrogen and oxygen atoms in total. The van der Waals surface area contributed by atoms with Crippen LogP contribution in [0.2, 0.25) is 0 Å². The summed E-state index contributed by atoms with van der Waals surface area (Å²) in [7, 11) is 0. The van der Waals surface area contributed by atoms with E-state index in [1.54, 1.807) is 12.1 Å². The first kappa shape index (κ1) is 15.3. The van der Waals surface area contributed by atoms with E-state index in [9.17, 15) is 4.79 Å². The lowest BCUT2D eigenvalue weighted by Gasteiger charge is -1.98. The van der Waals surface area contributed by atoms with Crippen molar-refractivity contribution in [3.63, 3.8) is 0 Å². The fraction of sp³-hybridized carbons (Fsp3) is 0. The Hall–Kier alpha value is -3.07. The van der Waals surface area contributed by atoms with E-state index in [1.165, 1.54) is 23.3 Å². The van der Waals surface area contributed by atoms with E-state index in [1.807, 2.05) is 12.1 Å². The molecule has 3 aromatic rings. The number of benzene rings is 3. The predicted molar refractivity (Wildman–Crippen MR) is 89.7 cm³/mol. The number of carboxylic acids is 1. The van der Waals surface area contributed by atoms with Gasteiger partial charge in [-0.15, -0.1) is 0 Å². The molecule has 0 fully saturated rings. The van der Waals surface area contributed by atoms with Crippen molar-refractivity contribution in [1.82, 2.24) is 0 Å². The van der Waals surface area contributed by atoms with E-state index < -0.39 is 5.97 Å². The summed E-state index contributed by atoms with van der Waals surface area (Å²) in [5, 5.41) is 8.43. The molecule has 0 unspecified atom stereocenters. The Bertz CT molecular complexity index is 670. The van der Waals surface area contributed by atoms with Gasteiger partial charge in [0.1, 0.15) is 0 Å². The number of hydrogen-bond donors (Lipinski definition) is 2. The molecular weight excluding hydrogens is 274 g/mol. The molecule has 3 N–H and O–H groups in total. The van der Waals surface area contributed by atoms with Crippen molar-refractivity contribution in [1.29, 1.82) is 0 Å². The lowest BCUT2D eigenvalue weighted by atomic mass is 10.1. The number of aromatic carboxylic acids is 1. The summed E-state index contributed by atoms with van der Waals surface area (Å²) in [6.07, 6.45) is 0. The molecule has 0 aliphatic heterocycles. The third-order valence-corrected chi connectivity index (χ3v) is 3.04. The number of carboxylic acid groups (broad SMARTS) is 1. The molecule has 3 rings (SSSR count). The van der Waals surface area contributed by atoms with E-state index in [0.717, 1.165) is 0 Å². The van der Waals surface area contributed by atoms with Crippen LogP contribution >= 0.6 is 0 Å². The second kappa shape index (κ2) is 7.64. The summed E-state index contributed by atoms with van der Waals surface area (Å²) in [6.45, 7) is 0. The standard InChI is InChI=1S/C12H10.C7H7NO2/c1-3-7-11(8-4-1)12-9-5-2-6-10-12;8-6-3-1-5(2-4-6)7(9)10/h1-10H;1-4H,8H2,(H,9,10). The highest BCUT2D eigenvalue weighted by Gasteiger charge is 1.98. The molecule has 3 heteroatoms. The van der Waals surface area contributed by atoms with Gasteiger partial charge in [-0.1, -0.05) is 60.7 Å². The van der Waals surface area contributed by atoms with Crippen molar-refractivity contribution in [2.24, 2.45) is 0 Å². The normalized spacial score (nSPS) is 9.45. The number of anilines is 1. The molecule has 0 saturated carbocycles. The molecule has 0 aromatic heterocycles. The van der Waals surface area contributed by atoms with E-state index in [4.69, 9.17) is 10.8 Å². The second-order valence-corrected chi connectivity index (χ2v) is 4.66. The van der Waals surface area contributed by atoms with Crippen LogP contribution in [-0.2, 0) is 0 Å². The Morgan fingerprint density at radius 3 is 1.45 bits per heavy atom.